The van der Waals surface area contributed by atoms with Crippen LogP contribution in [-0.2, 0) is 4.79 Å². The third-order valence-corrected chi connectivity index (χ3v) is 4.68. The van der Waals surface area contributed by atoms with Crippen molar-refractivity contribution in [2.45, 2.75) is 32.4 Å². The number of rotatable bonds is 2. The van der Waals surface area contributed by atoms with Crippen molar-refractivity contribution >= 4 is 27.5 Å². The molecule has 1 heterocycles. The third-order valence-electron chi connectivity index (χ3n) is 3.99. The summed E-state index contributed by atoms with van der Waals surface area (Å²) in [5.41, 5.74) is 7.53. The lowest BCUT2D eigenvalue weighted by atomic mass is 9.96. The lowest BCUT2D eigenvalue weighted by molar-refractivity contribution is -0.136. The van der Waals surface area contributed by atoms with Crippen LogP contribution in [0.5, 0.6) is 0 Å². The summed E-state index contributed by atoms with van der Waals surface area (Å²) >= 11 is 3.58. The molecule has 1 aliphatic rings. The maximum Gasteiger partial charge on any atom is 0.247 e. The lowest BCUT2D eigenvalue weighted by Gasteiger charge is -2.46. The molecular weight excluding hydrogens is 318 g/mol. The van der Waals surface area contributed by atoms with E-state index < -0.39 is 5.54 Å². The minimum absolute atomic E-state index is 0.0134. The van der Waals surface area contributed by atoms with Crippen LogP contribution in [-0.4, -0.2) is 36.5 Å². The number of nitrogens with zero attached hydrogens (tertiary/aromatic N) is 2. The molecule has 1 aromatic rings. The second kappa shape index (κ2) is 5.37. The molecule has 0 aliphatic carbocycles. The van der Waals surface area contributed by atoms with Crippen LogP contribution < -0.4 is 10.6 Å². The Bertz CT molecular complexity index is 528. The minimum Gasteiger partial charge on any atom is -0.356 e. The largest absolute Gasteiger partial charge is 0.356 e. The molecule has 4 nitrogen and oxygen atoms in total. The van der Waals surface area contributed by atoms with Crippen molar-refractivity contribution in [1.82, 2.24) is 4.90 Å². The van der Waals surface area contributed by atoms with Gasteiger partial charge in [-0.1, -0.05) is 22.0 Å². The number of benzene rings is 1. The summed E-state index contributed by atoms with van der Waals surface area (Å²) in [5.74, 6) is 0.149. The van der Waals surface area contributed by atoms with E-state index >= 15 is 0 Å². The van der Waals surface area contributed by atoms with Gasteiger partial charge in [0.25, 0.3) is 0 Å². The molecule has 0 radical (unpaired) electrons. The molecule has 1 fully saturated rings. The highest BCUT2D eigenvalue weighted by molar-refractivity contribution is 9.10. The Morgan fingerprint density at radius 3 is 2.55 bits per heavy atom. The summed E-state index contributed by atoms with van der Waals surface area (Å²) in [4.78, 5) is 16.3. The summed E-state index contributed by atoms with van der Waals surface area (Å²) in [7, 11) is 1.86. The molecule has 0 saturated carbocycles. The number of halogens is 1. The zero-order valence-corrected chi connectivity index (χ0v) is 14.1. The molecule has 110 valence electrons. The van der Waals surface area contributed by atoms with Crippen LogP contribution in [0.15, 0.2) is 22.7 Å². The monoisotopic (exact) mass is 339 g/mol. The molecule has 0 bridgehead atoms. The van der Waals surface area contributed by atoms with E-state index in [4.69, 9.17) is 5.73 Å². The Kier molecular flexibility index (Phi) is 4.12. The number of carbonyl (C=O) groups is 1. The van der Waals surface area contributed by atoms with Crippen molar-refractivity contribution in [3.8, 4) is 0 Å². The molecule has 1 aliphatic heterocycles. The van der Waals surface area contributed by atoms with Crippen LogP contribution in [0, 0.1) is 0 Å². The number of nitrogens with two attached hydrogens (primary N) is 1. The molecule has 2 rings (SSSR count). The summed E-state index contributed by atoms with van der Waals surface area (Å²) in [6.45, 7) is 7.48. The average Bonchev–Trinajstić information content (AvgIpc) is 2.35. The van der Waals surface area contributed by atoms with E-state index in [1.807, 2.05) is 40.0 Å². The van der Waals surface area contributed by atoms with Gasteiger partial charge in [-0.3, -0.25) is 4.79 Å². The van der Waals surface area contributed by atoms with Gasteiger partial charge in [0.2, 0.25) is 5.91 Å². The number of anilines is 1. The first-order chi connectivity index (χ1) is 9.25. The lowest BCUT2D eigenvalue weighted by Crippen LogP contribution is -2.62. The van der Waals surface area contributed by atoms with Crippen LogP contribution >= 0.6 is 15.9 Å². The number of hydrogen-bond acceptors (Lipinski definition) is 3. The van der Waals surface area contributed by atoms with E-state index in [0.29, 0.717) is 0 Å². The van der Waals surface area contributed by atoms with Crippen LogP contribution in [0.4, 0.5) is 5.69 Å². The highest BCUT2D eigenvalue weighted by atomic mass is 79.9. The van der Waals surface area contributed by atoms with Gasteiger partial charge in [-0.15, -0.1) is 0 Å². The Morgan fingerprint density at radius 1 is 1.35 bits per heavy atom. The van der Waals surface area contributed by atoms with Gasteiger partial charge < -0.3 is 15.5 Å². The first-order valence-electron chi connectivity index (χ1n) is 6.83. The van der Waals surface area contributed by atoms with Gasteiger partial charge in [0.1, 0.15) is 5.54 Å². The number of hydrogen-bond donors (Lipinski definition) is 1. The highest BCUT2D eigenvalue weighted by Gasteiger charge is 2.40. The van der Waals surface area contributed by atoms with Crippen molar-refractivity contribution in [3.63, 3.8) is 0 Å². The number of carbonyl (C=O) groups excluding carboxylic acids is 1. The summed E-state index contributed by atoms with van der Waals surface area (Å²) in [6.07, 6.45) is 0. The smallest absolute Gasteiger partial charge is 0.247 e. The number of piperazine rings is 1. The average molecular weight is 340 g/mol. The normalized spacial score (nSPS) is 20.2. The Hall–Kier alpha value is -1.07. The van der Waals surface area contributed by atoms with E-state index in [1.165, 1.54) is 0 Å². The van der Waals surface area contributed by atoms with E-state index in [1.54, 1.807) is 4.90 Å². The molecular formula is C15H22BrN3O. The van der Waals surface area contributed by atoms with Crippen molar-refractivity contribution < 1.29 is 4.79 Å². The fourth-order valence-electron chi connectivity index (χ4n) is 2.72. The zero-order chi connectivity index (χ0) is 15.1. The van der Waals surface area contributed by atoms with Crippen LogP contribution in [0.1, 0.15) is 32.4 Å². The third kappa shape index (κ3) is 2.56. The zero-order valence-electron chi connectivity index (χ0n) is 12.5. The standard InChI is InChI=1S/C15H22BrN3O/c1-10(17)12-6-5-11(9-13(12)16)19-8-7-18(4)14(20)15(19,2)3/h5-6,9-10H,7-8,17H2,1-4H3/t10-/m1/s1. The molecule has 2 N–H and O–H groups in total. The molecule has 1 saturated heterocycles. The van der Waals surface area contributed by atoms with Crippen molar-refractivity contribution in [3.05, 3.63) is 28.2 Å². The Balaban J connectivity index is 2.36. The molecule has 1 amide bonds. The van der Waals surface area contributed by atoms with E-state index in [0.717, 1.165) is 28.8 Å². The minimum atomic E-state index is -0.526. The molecule has 1 atom stereocenters. The van der Waals surface area contributed by atoms with Gasteiger partial charge in [0, 0.05) is 36.3 Å². The molecule has 0 aromatic heterocycles. The predicted octanol–water partition coefficient (Wildman–Crippen LogP) is 2.53. The molecule has 1 aromatic carbocycles. The van der Waals surface area contributed by atoms with Gasteiger partial charge >= 0.3 is 0 Å². The van der Waals surface area contributed by atoms with Crippen molar-refractivity contribution in [2.75, 3.05) is 25.0 Å². The van der Waals surface area contributed by atoms with E-state index in [2.05, 4.69) is 26.9 Å². The van der Waals surface area contributed by atoms with Crippen molar-refractivity contribution in [2.24, 2.45) is 5.73 Å². The maximum absolute atomic E-state index is 12.3. The first kappa shape index (κ1) is 15.3. The summed E-state index contributed by atoms with van der Waals surface area (Å²) in [6, 6.07) is 6.12. The second-order valence-electron chi connectivity index (χ2n) is 5.93. The summed E-state index contributed by atoms with van der Waals surface area (Å²) in [5, 5.41) is 0. The van der Waals surface area contributed by atoms with Crippen LogP contribution in [0.2, 0.25) is 0 Å². The molecule has 20 heavy (non-hydrogen) atoms. The van der Waals surface area contributed by atoms with Gasteiger partial charge in [-0.05, 0) is 38.5 Å². The Labute approximate surface area is 129 Å². The fourth-order valence-corrected chi connectivity index (χ4v) is 3.45. The van der Waals surface area contributed by atoms with E-state index in [9.17, 15) is 4.79 Å². The first-order valence-corrected chi connectivity index (χ1v) is 7.62. The quantitative estimate of drug-likeness (QED) is 0.900. The molecule has 0 unspecified atom stereocenters. The van der Waals surface area contributed by atoms with Crippen molar-refractivity contribution in [1.29, 1.82) is 0 Å². The Morgan fingerprint density at radius 2 is 2.00 bits per heavy atom. The SMILES string of the molecule is C[C@@H](N)c1ccc(N2CCN(C)C(=O)C2(C)C)cc1Br. The van der Waals surface area contributed by atoms with Gasteiger partial charge in [-0.2, -0.15) is 0 Å². The van der Waals surface area contributed by atoms with E-state index in [-0.39, 0.29) is 11.9 Å². The highest BCUT2D eigenvalue weighted by Crippen LogP contribution is 2.32. The summed E-state index contributed by atoms with van der Waals surface area (Å²) < 4.78 is 0.993. The number of amides is 1. The van der Waals surface area contributed by atoms with Crippen LogP contribution in [0.25, 0.3) is 0 Å². The molecule has 0 spiro atoms. The maximum atomic E-state index is 12.3. The van der Waals surface area contributed by atoms with Gasteiger partial charge in [-0.25, -0.2) is 0 Å². The molecule has 5 heteroatoms. The fraction of sp³-hybridized carbons (Fsp3) is 0.533. The van der Waals surface area contributed by atoms with Crippen LogP contribution in [0.3, 0.4) is 0 Å². The van der Waals surface area contributed by atoms with Gasteiger partial charge in [0.15, 0.2) is 0 Å². The topological polar surface area (TPSA) is 49.6 Å². The predicted molar refractivity (Wildman–Crippen MR) is 85.8 cm³/mol. The number of likely N-dealkylation sites (N-methyl/N-ethyl adjacent to an activating group) is 1. The van der Waals surface area contributed by atoms with Gasteiger partial charge in [0.05, 0.1) is 0 Å². The second-order valence-corrected chi connectivity index (χ2v) is 6.79.